The lowest BCUT2D eigenvalue weighted by molar-refractivity contribution is 0.0982. The Labute approximate surface area is 207 Å². The van der Waals surface area contributed by atoms with Crippen LogP contribution < -0.4 is 15.8 Å². The van der Waals surface area contributed by atoms with Crippen molar-refractivity contribution in [2.24, 2.45) is 5.73 Å². The minimum Gasteiger partial charge on any atom is -0.488 e. The first kappa shape index (κ1) is 25.8. The molecule has 3 aromatic carbocycles. The van der Waals surface area contributed by atoms with E-state index in [9.17, 15) is 9.90 Å². The number of carbonyl (C=O) groups is 1. The van der Waals surface area contributed by atoms with Crippen molar-refractivity contribution in [2.75, 3.05) is 0 Å². The van der Waals surface area contributed by atoms with Gasteiger partial charge in [-0.25, -0.2) is 0 Å². The molecular formula is C28H33ClN2O3. The third kappa shape index (κ3) is 6.17. The zero-order valence-electron chi connectivity index (χ0n) is 19.4. The number of nitrogens with one attached hydrogen (secondary N) is 1. The Morgan fingerprint density at radius 3 is 2.35 bits per heavy atom. The van der Waals surface area contributed by atoms with E-state index in [-0.39, 0.29) is 24.5 Å². The molecule has 0 saturated heterocycles. The summed E-state index contributed by atoms with van der Waals surface area (Å²) in [5.74, 6) is -0.0512. The summed E-state index contributed by atoms with van der Waals surface area (Å²) in [5.41, 5.74) is 10.0. The van der Waals surface area contributed by atoms with Gasteiger partial charge in [-0.05, 0) is 60.9 Å². The molecule has 3 atom stereocenters. The predicted molar refractivity (Wildman–Crippen MR) is 137 cm³/mol. The van der Waals surface area contributed by atoms with Crippen molar-refractivity contribution in [3.63, 3.8) is 0 Å². The molecule has 0 radical (unpaired) electrons. The summed E-state index contributed by atoms with van der Waals surface area (Å²) < 4.78 is 5.95. The number of aliphatic hydroxyl groups excluding tert-OH is 1. The number of nitrogens with two attached hydrogens (primary N) is 1. The monoisotopic (exact) mass is 480 g/mol. The number of halogens is 1. The lowest BCUT2D eigenvalue weighted by Gasteiger charge is -2.34. The molecular weight excluding hydrogens is 448 g/mol. The Hall–Kier alpha value is -2.86. The molecule has 0 saturated carbocycles. The molecule has 1 aliphatic rings. The van der Waals surface area contributed by atoms with Gasteiger partial charge in [-0.15, -0.1) is 12.4 Å². The average molecular weight is 481 g/mol. The molecule has 1 unspecified atom stereocenters. The minimum atomic E-state index is -0.700. The first-order chi connectivity index (χ1) is 16.0. The van der Waals surface area contributed by atoms with Crippen LogP contribution in [0.4, 0.5) is 0 Å². The second-order valence-corrected chi connectivity index (χ2v) is 8.83. The number of hydrogen-bond acceptors (Lipinski definition) is 4. The van der Waals surface area contributed by atoms with Crippen molar-refractivity contribution in [1.29, 1.82) is 0 Å². The molecule has 0 fully saturated rings. The number of aryl methyl sites for hydroxylation is 1. The van der Waals surface area contributed by atoms with Crippen LogP contribution in [0.1, 0.15) is 58.5 Å². The van der Waals surface area contributed by atoms with Crippen molar-refractivity contribution in [3.8, 4) is 5.75 Å². The Morgan fingerprint density at radius 2 is 1.71 bits per heavy atom. The standard InChI is InChI=1S/C28H32N2O3.ClH/c1-19(12-13-20-8-4-2-5-9-20)30-24-16-14-22-23(27(24)31)15-17-25(26(22)28(29)32)33-18-21-10-6-3-7-11-21;/h2-11,15,17,19,24,27,30-31H,12-14,16,18H2,1H3,(H2,29,32);1H/t19?,24-,27-;/m1./s1. The molecule has 3 aromatic rings. The van der Waals surface area contributed by atoms with E-state index in [1.165, 1.54) is 5.56 Å². The lowest BCUT2D eigenvalue weighted by atomic mass is 9.82. The Kier molecular flexibility index (Phi) is 9.11. The van der Waals surface area contributed by atoms with Crippen molar-refractivity contribution >= 4 is 18.3 Å². The van der Waals surface area contributed by atoms with Crippen LogP contribution in [0.15, 0.2) is 72.8 Å². The van der Waals surface area contributed by atoms with E-state index in [2.05, 4.69) is 36.5 Å². The highest BCUT2D eigenvalue weighted by atomic mass is 35.5. The maximum atomic E-state index is 12.3. The third-order valence-corrected chi connectivity index (χ3v) is 6.41. The summed E-state index contributed by atoms with van der Waals surface area (Å²) in [6.45, 7) is 2.51. The highest BCUT2D eigenvalue weighted by Gasteiger charge is 2.32. The highest BCUT2D eigenvalue weighted by molar-refractivity contribution is 5.97. The first-order valence-corrected chi connectivity index (χ1v) is 11.6. The summed E-state index contributed by atoms with van der Waals surface area (Å²) in [6, 6.07) is 24.0. The molecule has 4 N–H and O–H groups in total. The summed E-state index contributed by atoms with van der Waals surface area (Å²) >= 11 is 0. The van der Waals surface area contributed by atoms with Crippen LogP contribution >= 0.6 is 12.4 Å². The normalized spacial score (nSPS) is 17.8. The molecule has 0 aliphatic heterocycles. The second-order valence-electron chi connectivity index (χ2n) is 8.83. The number of hydrogen-bond donors (Lipinski definition) is 3. The maximum absolute atomic E-state index is 12.3. The molecule has 0 spiro atoms. The van der Waals surface area contributed by atoms with E-state index in [0.29, 0.717) is 24.3 Å². The van der Waals surface area contributed by atoms with Crippen LogP contribution in [0, 0.1) is 0 Å². The zero-order valence-corrected chi connectivity index (χ0v) is 20.3. The van der Waals surface area contributed by atoms with E-state index in [1.807, 2.05) is 42.5 Å². The average Bonchev–Trinajstić information content (AvgIpc) is 2.84. The fourth-order valence-corrected chi connectivity index (χ4v) is 4.64. The molecule has 0 aromatic heterocycles. The van der Waals surface area contributed by atoms with Crippen molar-refractivity contribution in [3.05, 3.63) is 101 Å². The fraction of sp³-hybridized carbons (Fsp3) is 0.321. The summed E-state index contributed by atoms with van der Waals surface area (Å²) in [7, 11) is 0. The largest absolute Gasteiger partial charge is 0.488 e. The van der Waals surface area contributed by atoms with Gasteiger partial charge in [-0.2, -0.15) is 0 Å². The Morgan fingerprint density at radius 1 is 1.06 bits per heavy atom. The van der Waals surface area contributed by atoms with E-state index in [0.717, 1.165) is 36.0 Å². The van der Waals surface area contributed by atoms with Crippen molar-refractivity contribution in [1.82, 2.24) is 5.32 Å². The van der Waals surface area contributed by atoms with Gasteiger partial charge in [-0.3, -0.25) is 4.79 Å². The Balaban J connectivity index is 0.00000324. The van der Waals surface area contributed by atoms with Crippen LogP contribution in [0.5, 0.6) is 5.75 Å². The fourth-order valence-electron chi connectivity index (χ4n) is 4.64. The smallest absolute Gasteiger partial charge is 0.252 e. The van der Waals surface area contributed by atoms with Crippen LogP contribution in [-0.2, 0) is 19.4 Å². The van der Waals surface area contributed by atoms with Crippen LogP contribution in [0.3, 0.4) is 0 Å². The molecule has 0 heterocycles. The van der Waals surface area contributed by atoms with Gasteiger partial charge in [0.1, 0.15) is 12.4 Å². The molecule has 1 amide bonds. The number of fused-ring (bicyclic) bond motifs is 1. The molecule has 34 heavy (non-hydrogen) atoms. The molecule has 0 bridgehead atoms. The van der Waals surface area contributed by atoms with Crippen LogP contribution in [0.25, 0.3) is 0 Å². The number of primary amides is 1. The Bertz CT molecular complexity index is 1080. The highest BCUT2D eigenvalue weighted by Crippen LogP contribution is 2.36. The maximum Gasteiger partial charge on any atom is 0.252 e. The number of benzene rings is 3. The van der Waals surface area contributed by atoms with Gasteiger partial charge >= 0.3 is 0 Å². The summed E-state index contributed by atoms with van der Waals surface area (Å²) in [4.78, 5) is 12.3. The SMILES string of the molecule is CC(CCc1ccccc1)N[C@@H]1CCc2c(ccc(OCc3ccccc3)c2C(N)=O)[C@H]1O.Cl. The second kappa shape index (κ2) is 12.0. The molecule has 4 rings (SSSR count). The molecule has 5 nitrogen and oxygen atoms in total. The van der Waals surface area contributed by atoms with Crippen LogP contribution in [0.2, 0.25) is 0 Å². The summed E-state index contributed by atoms with van der Waals surface area (Å²) in [5, 5.41) is 14.7. The van der Waals surface area contributed by atoms with Gasteiger partial charge in [0.15, 0.2) is 0 Å². The quantitative estimate of drug-likeness (QED) is 0.412. The van der Waals surface area contributed by atoms with E-state index in [1.54, 1.807) is 6.07 Å². The van der Waals surface area contributed by atoms with Gasteiger partial charge in [-0.1, -0.05) is 66.7 Å². The number of rotatable bonds is 9. The zero-order chi connectivity index (χ0) is 23.2. The molecule has 1 aliphatic carbocycles. The van der Waals surface area contributed by atoms with E-state index >= 15 is 0 Å². The van der Waals surface area contributed by atoms with Gasteiger partial charge in [0.05, 0.1) is 11.7 Å². The van der Waals surface area contributed by atoms with Gasteiger partial charge in [0.2, 0.25) is 0 Å². The molecule has 6 heteroatoms. The number of ether oxygens (including phenoxy) is 1. The van der Waals surface area contributed by atoms with E-state index < -0.39 is 12.0 Å². The third-order valence-electron chi connectivity index (χ3n) is 6.41. The van der Waals surface area contributed by atoms with Crippen molar-refractivity contribution < 1.29 is 14.6 Å². The predicted octanol–water partition coefficient (Wildman–Crippen LogP) is 4.75. The number of carbonyl (C=O) groups excluding carboxylic acids is 1. The molecule has 180 valence electrons. The van der Waals surface area contributed by atoms with Gasteiger partial charge in [0.25, 0.3) is 5.91 Å². The number of amides is 1. The van der Waals surface area contributed by atoms with Gasteiger partial charge < -0.3 is 20.9 Å². The summed E-state index contributed by atoms with van der Waals surface area (Å²) in [6.07, 6.45) is 2.67. The van der Waals surface area contributed by atoms with Gasteiger partial charge in [0, 0.05) is 12.1 Å². The minimum absolute atomic E-state index is 0. The topological polar surface area (TPSA) is 84.6 Å². The van der Waals surface area contributed by atoms with E-state index in [4.69, 9.17) is 10.5 Å². The number of aliphatic hydroxyl groups is 1. The lowest BCUT2D eigenvalue weighted by Crippen LogP contribution is -2.43. The first-order valence-electron chi connectivity index (χ1n) is 11.6. The van der Waals surface area contributed by atoms with Crippen LogP contribution in [-0.4, -0.2) is 23.1 Å². The van der Waals surface area contributed by atoms with Crippen molar-refractivity contribution in [2.45, 2.75) is 57.4 Å².